The molecule has 27 heavy (non-hydrogen) atoms. The van der Waals surface area contributed by atoms with Crippen LogP contribution in [0.4, 0.5) is 0 Å². The van der Waals surface area contributed by atoms with Crippen LogP contribution in [0.25, 0.3) is 21.8 Å². The number of fused-ring (bicyclic) bond motifs is 2. The molecule has 0 unspecified atom stereocenters. The highest BCUT2D eigenvalue weighted by Gasteiger charge is 2.13. The van der Waals surface area contributed by atoms with E-state index >= 15 is 0 Å². The molecule has 2 heteroatoms. The summed E-state index contributed by atoms with van der Waals surface area (Å²) >= 11 is 0. The second-order valence-corrected chi connectivity index (χ2v) is 7.23. The van der Waals surface area contributed by atoms with E-state index in [2.05, 4.69) is 107 Å². The van der Waals surface area contributed by atoms with Crippen LogP contribution in [0.15, 0.2) is 91.1 Å². The first-order chi connectivity index (χ1) is 13.3. The van der Waals surface area contributed by atoms with Crippen molar-refractivity contribution in [3.8, 4) is 0 Å². The average Bonchev–Trinajstić information content (AvgIpc) is 3.21. The summed E-state index contributed by atoms with van der Waals surface area (Å²) in [6.07, 6.45) is 3.21. The standard InChI is InChI=1S/C25H22N2/c1-26-18-21(23-12-6-8-14-25(23)26)16-22-15-20-11-5-7-13-24(20)27(22)17-19-9-3-2-4-10-19/h2-15,18H,16-17H2,1H3. The van der Waals surface area contributed by atoms with E-state index < -0.39 is 0 Å². The maximum Gasteiger partial charge on any atom is 0.0485 e. The van der Waals surface area contributed by atoms with Crippen LogP contribution in [0.2, 0.25) is 0 Å². The van der Waals surface area contributed by atoms with Crippen molar-refractivity contribution >= 4 is 21.8 Å². The quantitative estimate of drug-likeness (QED) is 0.389. The van der Waals surface area contributed by atoms with Gasteiger partial charge in [-0.1, -0.05) is 66.7 Å². The van der Waals surface area contributed by atoms with Gasteiger partial charge in [0.05, 0.1) is 0 Å². The van der Waals surface area contributed by atoms with Crippen LogP contribution < -0.4 is 0 Å². The minimum absolute atomic E-state index is 0.897. The molecule has 0 saturated heterocycles. The van der Waals surface area contributed by atoms with Crippen LogP contribution in [-0.4, -0.2) is 9.13 Å². The molecule has 132 valence electrons. The molecule has 0 spiro atoms. The summed E-state index contributed by atoms with van der Waals surface area (Å²) in [7, 11) is 2.13. The summed E-state index contributed by atoms with van der Waals surface area (Å²) in [4.78, 5) is 0. The van der Waals surface area contributed by atoms with Crippen molar-refractivity contribution in [3.05, 3.63) is 108 Å². The molecule has 3 aromatic carbocycles. The predicted octanol–water partition coefficient (Wildman–Crippen LogP) is 5.77. The van der Waals surface area contributed by atoms with E-state index in [4.69, 9.17) is 0 Å². The first-order valence-electron chi connectivity index (χ1n) is 9.43. The Balaban J connectivity index is 1.63. The smallest absolute Gasteiger partial charge is 0.0485 e. The molecule has 0 aliphatic rings. The number of aryl methyl sites for hydroxylation is 1. The molecule has 5 rings (SSSR count). The molecule has 2 heterocycles. The Hall–Kier alpha value is -3.26. The fourth-order valence-corrected chi connectivity index (χ4v) is 4.13. The van der Waals surface area contributed by atoms with Gasteiger partial charge in [-0.3, -0.25) is 0 Å². The zero-order chi connectivity index (χ0) is 18.2. The van der Waals surface area contributed by atoms with Crippen molar-refractivity contribution < 1.29 is 0 Å². The van der Waals surface area contributed by atoms with Crippen LogP contribution in [0, 0.1) is 0 Å². The Morgan fingerprint density at radius 2 is 1.44 bits per heavy atom. The molecule has 5 aromatic rings. The number of aromatic nitrogens is 2. The molecule has 0 atom stereocenters. The number of benzene rings is 3. The van der Waals surface area contributed by atoms with Crippen LogP contribution in [0.5, 0.6) is 0 Å². The van der Waals surface area contributed by atoms with E-state index in [0.29, 0.717) is 0 Å². The molecule has 0 saturated carbocycles. The largest absolute Gasteiger partial charge is 0.350 e. The lowest BCUT2D eigenvalue weighted by molar-refractivity contribution is 0.784. The molecule has 0 aliphatic carbocycles. The highest BCUT2D eigenvalue weighted by Crippen LogP contribution is 2.27. The molecule has 0 N–H and O–H groups in total. The Morgan fingerprint density at radius 3 is 2.30 bits per heavy atom. The molecule has 2 nitrogen and oxygen atoms in total. The molecule has 0 aliphatic heterocycles. The second kappa shape index (κ2) is 6.48. The van der Waals surface area contributed by atoms with Gasteiger partial charge in [-0.2, -0.15) is 0 Å². The molecule has 0 fully saturated rings. The summed E-state index contributed by atoms with van der Waals surface area (Å²) in [6.45, 7) is 0.897. The van der Waals surface area contributed by atoms with Gasteiger partial charge in [0.2, 0.25) is 0 Å². The number of hydrogen-bond acceptors (Lipinski definition) is 0. The Kier molecular flexibility index (Phi) is 3.83. The Morgan fingerprint density at radius 1 is 0.741 bits per heavy atom. The summed E-state index contributed by atoms with van der Waals surface area (Å²) in [5.41, 5.74) is 6.66. The average molecular weight is 350 g/mol. The molecule has 2 aromatic heterocycles. The predicted molar refractivity (Wildman–Crippen MR) is 113 cm³/mol. The summed E-state index contributed by atoms with van der Waals surface area (Å²) in [5.74, 6) is 0. The molecule has 0 radical (unpaired) electrons. The third-order valence-electron chi connectivity index (χ3n) is 5.43. The summed E-state index contributed by atoms with van der Waals surface area (Å²) in [6, 6.07) is 30.4. The maximum absolute atomic E-state index is 2.46. The fourth-order valence-electron chi connectivity index (χ4n) is 4.13. The second-order valence-electron chi connectivity index (χ2n) is 7.23. The van der Waals surface area contributed by atoms with Crippen molar-refractivity contribution in [3.63, 3.8) is 0 Å². The van der Waals surface area contributed by atoms with E-state index in [0.717, 1.165) is 13.0 Å². The molecular formula is C25H22N2. The zero-order valence-electron chi connectivity index (χ0n) is 15.5. The summed E-state index contributed by atoms with van der Waals surface area (Å²) in [5, 5.41) is 2.65. The lowest BCUT2D eigenvalue weighted by atomic mass is 10.1. The number of nitrogens with zero attached hydrogens (tertiary/aromatic N) is 2. The van der Waals surface area contributed by atoms with Gasteiger partial charge in [0.1, 0.15) is 0 Å². The van der Waals surface area contributed by atoms with Crippen LogP contribution in [0.1, 0.15) is 16.8 Å². The normalized spacial score (nSPS) is 11.4. The highest BCUT2D eigenvalue weighted by molar-refractivity contribution is 5.85. The van der Waals surface area contributed by atoms with Crippen LogP contribution in [0.3, 0.4) is 0 Å². The lowest BCUT2D eigenvalue weighted by Crippen LogP contribution is -2.04. The highest BCUT2D eigenvalue weighted by atomic mass is 15.0. The van der Waals surface area contributed by atoms with Crippen molar-refractivity contribution in [1.82, 2.24) is 9.13 Å². The minimum Gasteiger partial charge on any atom is -0.350 e. The van der Waals surface area contributed by atoms with Crippen molar-refractivity contribution in [1.29, 1.82) is 0 Å². The molecular weight excluding hydrogens is 328 g/mol. The summed E-state index contributed by atoms with van der Waals surface area (Å²) < 4.78 is 4.70. The topological polar surface area (TPSA) is 9.86 Å². The monoisotopic (exact) mass is 350 g/mol. The maximum atomic E-state index is 2.46. The minimum atomic E-state index is 0.897. The third kappa shape index (κ3) is 2.83. The lowest BCUT2D eigenvalue weighted by Gasteiger charge is -2.11. The van der Waals surface area contributed by atoms with Gasteiger partial charge in [0.15, 0.2) is 0 Å². The Labute approximate surface area is 159 Å². The van der Waals surface area contributed by atoms with Gasteiger partial charge in [-0.25, -0.2) is 0 Å². The first-order valence-corrected chi connectivity index (χ1v) is 9.43. The van der Waals surface area contributed by atoms with Gasteiger partial charge in [-0.05, 0) is 34.7 Å². The van der Waals surface area contributed by atoms with Crippen LogP contribution in [-0.2, 0) is 20.0 Å². The van der Waals surface area contributed by atoms with E-state index in [1.807, 2.05) is 0 Å². The van der Waals surface area contributed by atoms with E-state index in [1.54, 1.807) is 0 Å². The number of hydrogen-bond donors (Lipinski definition) is 0. The van der Waals surface area contributed by atoms with Crippen molar-refractivity contribution in [2.24, 2.45) is 7.05 Å². The van der Waals surface area contributed by atoms with E-state index in [1.165, 1.54) is 38.6 Å². The van der Waals surface area contributed by atoms with Gasteiger partial charge in [0, 0.05) is 48.3 Å². The molecule has 0 bridgehead atoms. The SMILES string of the molecule is Cn1cc(Cc2cc3ccccc3n2Cc2ccccc2)c2ccccc21. The zero-order valence-corrected chi connectivity index (χ0v) is 15.5. The van der Waals surface area contributed by atoms with Crippen molar-refractivity contribution in [2.75, 3.05) is 0 Å². The number of para-hydroxylation sites is 2. The molecule has 0 amide bonds. The first kappa shape index (κ1) is 16.0. The van der Waals surface area contributed by atoms with E-state index in [-0.39, 0.29) is 0 Å². The van der Waals surface area contributed by atoms with Gasteiger partial charge in [0.25, 0.3) is 0 Å². The van der Waals surface area contributed by atoms with Crippen LogP contribution >= 0.6 is 0 Å². The Bertz CT molecular complexity index is 1230. The van der Waals surface area contributed by atoms with E-state index in [9.17, 15) is 0 Å². The fraction of sp³-hybridized carbons (Fsp3) is 0.120. The van der Waals surface area contributed by atoms with Gasteiger partial charge >= 0.3 is 0 Å². The third-order valence-corrected chi connectivity index (χ3v) is 5.43. The van der Waals surface area contributed by atoms with Gasteiger partial charge < -0.3 is 9.13 Å². The van der Waals surface area contributed by atoms with Crippen molar-refractivity contribution in [2.45, 2.75) is 13.0 Å². The van der Waals surface area contributed by atoms with Gasteiger partial charge in [-0.15, -0.1) is 0 Å². The number of rotatable bonds is 4.